The predicted molar refractivity (Wildman–Crippen MR) is 72.7 cm³/mol. The quantitative estimate of drug-likeness (QED) is 0.732. The smallest absolute Gasteiger partial charge is 0.385 e. The van der Waals surface area contributed by atoms with Gasteiger partial charge in [0.25, 0.3) is 5.56 Å². The van der Waals surface area contributed by atoms with Crippen LogP contribution in [-0.2, 0) is 13.8 Å². The topological polar surface area (TPSA) is 111 Å². The molecule has 0 spiro atoms. The standard InChI is InChI=1S/C12H14FN2O6P/c1-11(18)7-4-22(19)20-6-12(7,5-13)21-9(11)15-3-2-8(16)14-10(15)17/h2-3,7,9,18H,4-6H2,1H3/p+1/t7-,9+,11+,12+/m0/s1. The predicted octanol–water partition coefficient (Wildman–Crippen LogP) is -0.0865. The van der Waals surface area contributed by atoms with Crippen LogP contribution in [0, 0.1) is 5.92 Å². The number of hydrogen-bond donors (Lipinski definition) is 2. The Kier molecular flexibility index (Phi) is 3.56. The molecule has 1 unspecified atom stereocenters. The maximum atomic E-state index is 13.6. The normalized spacial score (nSPS) is 39.7. The summed E-state index contributed by atoms with van der Waals surface area (Å²) in [6.07, 6.45) is -0.117. The van der Waals surface area contributed by atoms with Gasteiger partial charge >= 0.3 is 13.7 Å². The van der Waals surface area contributed by atoms with E-state index in [2.05, 4.69) is 4.98 Å². The van der Waals surface area contributed by atoms with Crippen LogP contribution in [0.5, 0.6) is 0 Å². The molecule has 0 bridgehead atoms. The van der Waals surface area contributed by atoms with Crippen molar-refractivity contribution in [3.8, 4) is 0 Å². The Hall–Kier alpha value is -1.41. The maximum absolute atomic E-state index is 13.6. The van der Waals surface area contributed by atoms with E-state index in [0.717, 1.165) is 10.6 Å². The second kappa shape index (κ2) is 5.06. The van der Waals surface area contributed by atoms with E-state index < -0.39 is 49.3 Å². The van der Waals surface area contributed by atoms with Crippen molar-refractivity contribution in [1.82, 2.24) is 9.55 Å². The lowest BCUT2D eigenvalue weighted by molar-refractivity contribution is -0.132. The van der Waals surface area contributed by atoms with Gasteiger partial charge in [0.05, 0.1) is 5.92 Å². The molecular formula is C12H15FN2O6P+. The summed E-state index contributed by atoms with van der Waals surface area (Å²) in [5, 5.41) is 10.8. The number of ether oxygens (including phenoxy) is 1. The fourth-order valence-corrected chi connectivity index (χ4v) is 4.58. The zero-order chi connectivity index (χ0) is 16.1. The summed E-state index contributed by atoms with van der Waals surface area (Å²) in [4.78, 5) is 25.1. The molecule has 1 aromatic rings. The van der Waals surface area contributed by atoms with Crippen LogP contribution in [0.2, 0.25) is 0 Å². The average Bonchev–Trinajstić information content (AvgIpc) is 2.69. The van der Waals surface area contributed by atoms with Gasteiger partial charge in [0, 0.05) is 12.3 Å². The molecule has 120 valence electrons. The third kappa shape index (κ3) is 2.16. The minimum absolute atomic E-state index is 0.0686. The number of H-pyrrole nitrogens is 1. The molecule has 3 heterocycles. The molecule has 2 fully saturated rings. The average molecular weight is 333 g/mol. The molecule has 1 aromatic heterocycles. The molecule has 0 aromatic carbocycles. The Morgan fingerprint density at radius 3 is 2.95 bits per heavy atom. The van der Waals surface area contributed by atoms with Crippen LogP contribution in [0.25, 0.3) is 0 Å². The summed E-state index contributed by atoms with van der Waals surface area (Å²) < 4.78 is 36.8. The van der Waals surface area contributed by atoms with E-state index in [9.17, 15) is 23.7 Å². The highest BCUT2D eigenvalue weighted by Gasteiger charge is 2.67. The fraction of sp³-hybridized carbons (Fsp3) is 0.667. The van der Waals surface area contributed by atoms with Crippen LogP contribution >= 0.6 is 8.03 Å². The highest BCUT2D eigenvalue weighted by atomic mass is 31.1. The number of aromatic nitrogens is 2. The number of rotatable bonds is 2. The van der Waals surface area contributed by atoms with E-state index in [4.69, 9.17) is 9.26 Å². The lowest BCUT2D eigenvalue weighted by Gasteiger charge is -2.32. The van der Waals surface area contributed by atoms with Crippen LogP contribution in [0.4, 0.5) is 4.39 Å². The fourth-order valence-electron chi connectivity index (χ4n) is 3.11. The zero-order valence-corrected chi connectivity index (χ0v) is 12.6. The van der Waals surface area contributed by atoms with Crippen LogP contribution in [0.1, 0.15) is 13.2 Å². The summed E-state index contributed by atoms with van der Waals surface area (Å²) in [6, 6.07) is 1.10. The van der Waals surface area contributed by atoms with Gasteiger partial charge in [0.2, 0.25) is 0 Å². The second-order valence-electron chi connectivity index (χ2n) is 5.75. The van der Waals surface area contributed by atoms with E-state index >= 15 is 0 Å². The molecule has 2 aliphatic heterocycles. The van der Waals surface area contributed by atoms with Gasteiger partial charge in [0.15, 0.2) is 12.4 Å². The van der Waals surface area contributed by atoms with E-state index in [1.807, 2.05) is 0 Å². The van der Waals surface area contributed by atoms with Crippen LogP contribution in [0.15, 0.2) is 21.9 Å². The molecular weight excluding hydrogens is 318 g/mol. The Morgan fingerprint density at radius 1 is 1.59 bits per heavy atom. The van der Waals surface area contributed by atoms with Crippen molar-refractivity contribution < 1.29 is 23.3 Å². The Labute approximate surface area is 124 Å². The number of halogens is 1. The maximum Gasteiger partial charge on any atom is 0.508 e. The molecule has 2 saturated heterocycles. The minimum atomic E-state index is -2.02. The first-order chi connectivity index (χ1) is 10.3. The molecule has 0 amide bonds. The van der Waals surface area contributed by atoms with Crippen molar-refractivity contribution in [1.29, 1.82) is 0 Å². The first-order valence-electron chi connectivity index (χ1n) is 6.65. The Morgan fingerprint density at radius 2 is 2.32 bits per heavy atom. The summed E-state index contributed by atoms with van der Waals surface area (Å²) in [5.74, 6) is -0.800. The van der Waals surface area contributed by atoms with Gasteiger partial charge in [0.1, 0.15) is 24.5 Å². The van der Waals surface area contributed by atoms with Crippen LogP contribution in [-0.4, -0.2) is 45.3 Å². The number of aliphatic hydroxyl groups is 1. The number of nitrogens with zero attached hydrogens (tertiary/aromatic N) is 1. The lowest BCUT2D eigenvalue weighted by atomic mass is 9.80. The first-order valence-corrected chi connectivity index (χ1v) is 8.02. The van der Waals surface area contributed by atoms with Crippen molar-refractivity contribution in [2.75, 3.05) is 19.4 Å². The molecule has 2 aliphatic rings. The molecule has 0 saturated carbocycles. The molecule has 2 N–H and O–H groups in total. The second-order valence-corrected chi connectivity index (χ2v) is 7.04. The first kappa shape index (κ1) is 15.5. The van der Waals surface area contributed by atoms with Crippen molar-refractivity contribution in [3.05, 3.63) is 33.1 Å². The molecule has 5 atom stereocenters. The summed E-state index contributed by atoms with van der Waals surface area (Å²) in [6.45, 7) is 0.172. The summed E-state index contributed by atoms with van der Waals surface area (Å²) in [7, 11) is -2.02. The van der Waals surface area contributed by atoms with Gasteiger partial charge in [-0.05, 0) is 11.5 Å². The van der Waals surface area contributed by atoms with Crippen molar-refractivity contribution in [2.45, 2.75) is 24.4 Å². The van der Waals surface area contributed by atoms with Gasteiger partial charge in [-0.1, -0.05) is 0 Å². The third-order valence-corrected chi connectivity index (χ3v) is 5.38. The zero-order valence-electron chi connectivity index (χ0n) is 11.7. The van der Waals surface area contributed by atoms with Crippen LogP contribution in [0.3, 0.4) is 0 Å². The van der Waals surface area contributed by atoms with Crippen molar-refractivity contribution in [3.63, 3.8) is 0 Å². The monoisotopic (exact) mass is 333 g/mol. The van der Waals surface area contributed by atoms with Crippen molar-refractivity contribution >= 4 is 8.03 Å². The van der Waals surface area contributed by atoms with E-state index in [-0.39, 0.29) is 12.8 Å². The summed E-state index contributed by atoms with van der Waals surface area (Å²) in [5.41, 5.74) is -4.49. The van der Waals surface area contributed by atoms with Gasteiger partial charge < -0.3 is 9.84 Å². The highest BCUT2D eigenvalue weighted by Crippen LogP contribution is 2.54. The third-order valence-electron chi connectivity index (χ3n) is 4.30. The SMILES string of the molecule is C[C@@]1(O)[C@@H]2C[P+](=O)OC[C@@]2(CF)O[C@H]1n1ccc(=O)[nH]c1=O. The largest absolute Gasteiger partial charge is 0.508 e. The van der Waals surface area contributed by atoms with E-state index in [1.54, 1.807) is 0 Å². The minimum Gasteiger partial charge on any atom is -0.385 e. The summed E-state index contributed by atoms with van der Waals surface area (Å²) >= 11 is 0. The number of fused-ring (bicyclic) bond motifs is 1. The molecule has 22 heavy (non-hydrogen) atoms. The molecule has 0 aliphatic carbocycles. The Balaban J connectivity index is 2.08. The molecule has 8 nitrogen and oxygen atoms in total. The van der Waals surface area contributed by atoms with E-state index in [1.165, 1.54) is 13.1 Å². The molecule has 10 heteroatoms. The van der Waals surface area contributed by atoms with E-state index in [0.29, 0.717) is 0 Å². The Bertz CT molecular complexity index is 731. The van der Waals surface area contributed by atoms with Gasteiger partial charge in [-0.2, -0.15) is 0 Å². The van der Waals surface area contributed by atoms with Crippen LogP contribution < -0.4 is 11.2 Å². The lowest BCUT2D eigenvalue weighted by Crippen LogP contribution is -2.51. The number of alkyl halides is 1. The number of aromatic amines is 1. The molecule has 0 radical (unpaired) electrons. The number of nitrogens with one attached hydrogen (secondary N) is 1. The molecule has 3 rings (SSSR count). The van der Waals surface area contributed by atoms with Gasteiger partial charge in [-0.25, -0.2) is 9.18 Å². The number of hydrogen-bond acceptors (Lipinski definition) is 6. The van der Waals surface area contributed by atoms with Gasteiger partial charge in [-0.3, -0.25) is 14.3 Å². The van der Waals surface area contributed by atoms with Gasteiger partial charge in [-0.15, -0.1) is 4.52 Å². The van der Waals surface area contributed by atoms with Crippen molar-refractivity contribution in [2.24, 2.45) is 5.92 Å². The highest BCUT2D eigenvalue weighted by molar-refractivity contribution is 7.39.